The van der Waals surface area contributed by atoms with E-state index in [0.29, 0.717) is 22.2 Å². The Balaban J connectivity index is 1.91. The van der Waals surface area contributed by atoms with E-state index >= 15 is 0 Å². The zero-order chi connectivity index (χ0) is 17.3. The minimum Gasteiger partial charge on any atom is -0.308 e. The van der Waals surface area contributed by atoms with Crippen molar-refractivity contribution in [1.29, 1.82) is 0 Å². The summed E-state index contributed by atoms with van der Waals surface area (Å²) in [4.78, 5) is 28.2. The Labute approximate surface area is 146 Å². The summed E-state index contributed by atoms with van der Waals surface area (Å²) < 4.78 is 16.2. The summed E-state index contributed by atoms with van der Waals surface area (Å²) in [6.45, 7) is 3.33. The smallest absolute Gasteiger partial charge is 0.308 e. The third-order valence-electron chi connectivity index (χ3n) is 5.21. The number of nitrogens with one attached hydrogen (secondary N) is 2. The average Bonchev–Trinajstić information content (AvgIpc) is 3.14. The normalized spacial score (nSPS) is 16.6. The molecule has 0 bridgehead atoms. The molecule has 2 N–H and O–H groups in total. The molecule has 0 atom stereocenters. The Hall–Kier alpha value is -2.25. The van der Waals surface area contributed by atoms with E-state index < -0.39 is 11.5 Å². The fourth-order valence-corrected chi connectivity index (χ4v) is 4.93. The highest BCUT2D eigenvalue weighted by atomic mass is 32.1. The molecule has 5 rings (SSSR count). The molecule has 3 aromatic heterocycles. The maximum Gasteiger partial charge on any atom is 0.333 e. The van der Waals surface area contributed by atoms with Gasteiger partial charge in [0.1, 0.15) is 5.82 Å². The Morgan fingerprint density at radius 2 is 2.08 bits per heavy atom. The van der Waals surface area contributed by atoms with Gasteiger partial charge in [0.2, 0.25) is 0 Å². The fraction of sp³-hybridized carbons (Fsp3) is 0.333. The highest BCUT2D eigenvalue weighted by molar-refractivity contribution is 7.10. The Morgan fingerprint density at radius 3 is 2.84 bits per heavy atom. The predicted octanol–water partition coefficient (Wildman–Crippen LogP) is 2.64. The highest BCUT2D eigenvalue weighted by Gasteiger charge is 2.31. The lowest BCUT2D eigenvalue weighted by atomic mass is 9.96. The number of fused-ring (bicyclic) bond motifs is 2. The first-order valence-electron chi connectivity index (χ1n) is 8.34. The van der Waals surface area contributed by atoms with Crippen LogP contribution < -0.4 is 16.6 Å². The van der Waals surface area contributed by atoms with E-state index in [1.54, 1.807) is 11.3 Å². The van der Waals surface area contributed by atoms with Crippen LogP contribution in [-0.2, 0) is 13.1 Å². The Kier molecular flexibility index (Phi) is 3.08. The number of halogens is 1. The van der Waals surface area contributed by atoms with Gasteiger partial charge in [-0.2, -0.15) is 0 Å². The first-order valence-corrected chi connectivity index (χ1v) is 9.22. The summed E-state index contributed by atoms with van der Waals surface area (Å²) in [5, 5.41) is 5.27. The van der Waals surface area contributed by atoms with Gasteiger partial charge in [-0.25, -0.2) is 9.18 Å². The van der Waals surface area contributed by atoms with E-state index in [9.17, 15) is 14.0 Å². The molecule has 0 aromatic carbocycles. The zero-order valence-electron chi connectivity index (χ0n) is 13.6. The van der Waals surface area contributed by atoms with Crippen molar-refractivity contribution in [2.45, 2.75) is 38.8 Å². The van der Waals surface area contributed by atoms with E-state index in [-0.39, 0.29) is 11.5 Å². The molecule has 1 aliphatic carbocycles. The van der Waals surface area contributed by atoms with Crippen molar-refractivity contribution in [2.75, 3.05) is 0 Å². The van der Waals surface area contributed by atoms with Crippen LogP contribution in [0.3, 0.4) is 0 Å². The quantitative estimate of drug-likeness (QED) is 0.741. The lowest BCUT2D eigenvalue weighted by molar-refractivity contribution is 0.618. The summed E-state index contributed by atoms with van der Waals surface area (Å²) in [6, 6.07) is 0. The lowest BCUT2D eigenvalue weighted by Crippen LogP contribution is -2.30. The van der Waals surface area contributed by atoms with Crippen molar-refractivity contribution >= 4 is 16.9 Å². The van der Waals surface area contributed by atoms with Crippen molar-refractivity contribution < 1.29 is 4.39 Å². The van der Waals surface area contributed by atoms with Gasteiger partial charge in [0.15, 0.2) is 0 Å². The molecular formula is C18H16FN3O2S. The van der Waals surface area contributed by atoms with Crippen LogP contribution in [0.5, 0.6) is 0 Å². The molecule has 2 aliphatic rings. The second kappa shape index (κ2) is 5.12. The molecule has 4 heterocycles. The fourth-order valence-electron chi connectivity index (χ4n) is 3.90. The van der Waals surface area contributed by atoms with Gasteiger partial charge in [-0.1, -0.05) is 0 Å². The number of aryl methyl sites for hydroxylation is 1. The number of thiophene rings is 1. The zero-order valence-corrected chi connectivity index (χ0v) is 14.4. The SMILES string of the molecule is Cc1c(-c2csc3c2CNC3)c(F)cn2c(=O)[nH]c(=O)c(C3CC3)c12. The number of nitrogens with zero attached hydrogens (tertiary/aromatic N) is 1. The Morgan fingerprint density at radius 1 is 1.28 bits per heavy atom. The first kappa shape index (κ1) is 15.0. The van der Waals surface area contributed by atoms with Crippen LogP contribution in [0.2, 0.25) is 0 Å². The van der Waals surface area contributed by atoms with Gasteiger partial charge >= 0.3 is 5.69 Å². The minimum absolute atomic E-state index is 0.159. The highest BCUT2D eigenvalue weighted by Crippen LogP contribution is 2.43. The van der Waals surface area contributed by atoms with Gasteiger partial charge in [0.25, 0.3) is 5.56 Å². The maximum absolute atomic E-state index is 15.0. The van der Waals surface area contributed by atoms with Crippen LogP contribution in [0.25, 0.3) is 16.6 Å². The summed E-state index contributed by atoms with van der Waals surface area (Å²) in [5.74, 6) is -0.278. The van der Waals surface area contributed by atoms with E-state index in [1.807, 2.05) is 12.3 Å². The molecule has 0 saturated heterocycles. The topological polar surface area (TPSA) is 66.4 Å². The van der Waals surface area contributed by atoms with Crippen LogP contribution in [-0.4, -0.2) is 9.38 Å². The summed E-state index contributed by atoms with van der Waals surface area (Å²) in [5.41, 5.74) is 3.42. The molecule has 1 aliphatic heterocycles. The van der Waals surface area contributed by atoms with Crippen molar-refractivity contribution in [1.82, 2.24) is 14.7 Å². The predicted molar refractivity (Wildman–Crippen MR) is 94.8 cm³/mol. The molecule has 3 aromatic rings. The molecule has 0 spiro atoms. The molecule has 0 amide bonds. The summed E-state index contributed by atoms with van der Waals surface area (Å²) >= 11 is 1.62. The van der Waals surface area contributed by atoms with Gasteiger partial charge in [-0.05, 0) is 42.2 Å². The van der Waals surface area contributed by atoms with Gasteiger partial charge in [-0.15, -0.1) is 11.3 Å². The number of hydrogen-bond donors (Lipinski definition) is 2. The van der Waals surface area contributed by atoms with Gasteiger partial charge in [-0.3, -0.25) is 14.2 Å². The standard InChI is InChI=1S/C18H16FN3O2S/c1-8-14(11-7-25-13-5-20-4-10(11)13)12(19)6-22-16(8)15(9-2-3-9)17(23)21-18(22)24/h6-7,9,20H,2-5H2,1H3,(H,21,23,24). The molecule has 5 nitrogen and oxygen atoms in total. The molecule has 128 valence electrons. The van der Waals surface area contributed by atoms with E-state index in [2.05, 4.69) is 10.3 Å². The largest absolute Gasteiger partial charge is 0.333 e. The van der Waals surface area contributed by atoms with Crippen molar-refractivity contribution in [2.24, 2.45) is 0 Å². The minimum atomic E-state index is -0.588. The number of aromatic amines is 1. The molecule has 25 heavy (non-hydrogen) atoms. The molecule has 1 saturated carbocycles. The molecule has 1 fully saturated rings. The number of pyridine rings is 1. The van der Waals surface area contributed by atoms with Crippen molar-refractivity contribution in [3.05, 3.63) is 59.8 Å². The average molecular weight is 357 g/mol. The van der Waals surface area contributed by atoms with E-state index in [4.69, 9.17) is 0 Å². The molecule has 7 heteroatoms. The lowest BCUT2D eigenvalue weighted by Gasteiger charge is -2.14. The monoisotopic (exact) mass is 357 g/mol. The van der Waals surface area contributed by atoms with E-state index in [1.165, 1.54) is 15.5 Å². The number of rotatable bonds is 2. The van der Waals surface area contributed by atoms with Crippen LogP contribution in [0, 0.1) is 12.7 Å². The van der Waals surface area contributed by atoms with Crippen molar-refractivity contribution in [3.63, 3.8) is 0 Å². The maximum atomic E-state index is 15.0. The van der Waals surface area contributed by atoms with E-state index in [0.717, 1.165) is 37.1 Å². The third kappa shape index (κ3) is 2.09. The second-order valence-electron chi connectivity index (χ2n) is 6.80. The van der Waals surface area contributed by atoms with Crippen LogP contribution in [0.15, 0.2) is 21.2 Å². The van der Waals surface area contributed by atoms with Crippen LogP contribution >= 0.6 is 11.3 Å². The molecule has 0 unspecified atom stereocenters. The number of hydrogen-bond acceptors (Lipinski definition) is 4. The summed E-state index contributed by atoms with van der Waals surface area (Å²) in [6.07, 6.45) is 3.08. The molecular weight excluding hydrogens is 341 g/mol. The van der Waals surface area contributed by atoms with Gasteiger partial charge in [0.05, 0.1) is 11.7 Å². The second-order valence-corrected chi connectivity index (χ2v) is 7.76. The van der Waals surface area contributed by atoms with Crippen LogP contribution in [0.4, 0.5) is 4.39 Å². The Bertz CT molecular complexity index is 1150. The number of aromatic nitrogens is 2. The summed E-state index contributed by atoms with van der Waals surface area (Å²) in [7, 11) is 0. The van der Waals surface area contributed by atoms with Gasteiger partial charge < -0.3 is 5.32 Å². The van der Waals surface area contributed by atoms with Crippen molar-refractivity contribution in [3.8, 4) is 11.1 Å². The van der Waals surface area contributed by atoms with Crippen LogP contribution in [0.1, 0.15) is 40.3 Å². The van der Waals surface area contributed by atoms with Gasteiger partial charge in [0, 0.05) is 34.7 Å². The number of H-pyrrole nitrogens is 1. The third-order valence-corrected chi connectivity index (χ3v) is 6.24. The molecule has 0 radical (unpaired) electrons. The first-order chi connectivity index (χ1) is 12.1.